The number of esters is 1. The van der Waals surface area contributed by atoms with E-state index in [0.717, 1.165) is 5.56 Å². The van der Waals surface area contributed by atoms with Crippen LogP contribution in [0.4, 0.5) is 0 Å². The maximum Gasteiger partial charge on any atom is 0.338 e. The summed E-state index contributed by atoms with van der Waals surface area (Å²) in [6.45, 7) is 5.21. The molecule has 0 unspecified atom stereocenters. The first-order valence-electron chi connectivity index (χ1n) is 4.71. The molecule has 1 aromatic rings. The Bertz CT molecular complexity index is 352. The van der Waals surface area contributed by atoms with Gasteiger partial charge in [-0.15, -0.1) is 0 Å². The van der Waals surface area contributed by atoms with Crippen molar-refractivity contribution >= 4 is 5.97 Å². The van der Waals surface area contributed by atoms with Crippen LogP contribution in [0, 0.1) is 0 Å². The molecule has 0 heterocycles. The minimum atomic E-state index is -0.426. The van der Waals surface area contributed by atoms with Crippen LogP contribution in [0.2, 0.25) is 0 Å². The van der Waals surface area contributed by atoms with Crippen molar-refractivity contribution in [3.05, 3.63) is 42.0 Å². The van der Waals surface area contributed by atoms with Crippen LogP contribution in [0.1, 0.15) is 12.5 Å². The van der Waals surface area contributed by atoms with Crippen molar-refractivity contribution in [3.8, 4) is 5.75 Å². The molecule has 80 valence electrons. The molecule has 3 heteroatoms. The van der Waals surface area contributed by atoms with Crippen molar-refractivity contribution in [3.63, 3.8) is 0 Å². The summed E-state index contributed by atoms with van der Waals surface area (Å²) in [5.41, 5.74) is 1.38. The maximum absolute atomic E-state index is 11.2. The van der Waals surface area contributed by atoms with Gasteiger partial charge in [0.05, 0.1) is 0 Å². The van der Waals surface area contributed by atoms with Crippen molar-refractivity contribution in [2.45, 2.75) is 13.3 Å². The predicted molar refractivity (Wildman–Crippen MR) is 57.7 cm³/mol. The smallest absolute Gasteiger partial charge is 0.338 e. The summed E-state index contributed by atoms with van der Waals surface area (Å²) in [4.78, 5) is 11.2. The molecule has 0 aliphatic carbocycles. The highest BCUT2D eigenvalue weighted by molar-refractivity contribution is 5.88. The molecule has 0 atom stereocenters. The fraction of sp³-hybridized carbons (Fsp3) is 0.250. The molecule has 1 aromatic carbocycles. The van der Waals surface area contributed by atoms with E-state index in [0.29, 0.717) is 17.7 Å². The van der Waals surface area contributed by atoms with Crippen LogP contribution in [-0.2, 0) is 11.2 Å². The van der Waals surface area contributed by atoms with Gasteiger partial charge in [-0.2, -0.15) is 0 Å². The Kier molecular flexibility index (Phi) is 4.06. The summed E-state index contributed by atoms with van der Waals surface area (Å²) < 4.78 is 5.01. The molecule has 1 N–H and O–H groups in total. The highest BCUT2D eigenvalue weighted by Gasteiger charge is 2.04. The normalized spacial score (nSPS) is 9.73. The summed E-state index contributed by atoms with van der Waals surface area (Å²) >= 11 is 0. The largest absolute Gasteiger partial charge is 0.423 e. The molecule has 0 saturated heterocycles. The third kappa shape index (κ3) is 3.56. The summed E-state index contributed by atoms with van der Waals surface area (Å²) in [7, 11) is 0. The Hall–Kier alpha value is -1.61. The molecule has 0 aliphatic heterocycles. The van der Waals surface area contributed by atoms with Crippen molar-refractivity contribution in [2.24, 2.45) is 0 Å². The zero-order chi connectivity index (χ0) is 11.3. The van der Waals surface area contributed by atoms with E-state index in [1.165, 1.54) is 0 Å². The van der Waals surface area contributed by atoms with Gasteiger partial charge in [-0.05, 0) is 31.0 Å². The van der Waals surface area contributed by atoms with Gasteiger partial charge in [-0.1, -0.05) is 18.7 Å². The number of hydrogen-bond acceptors (Lipinski definition) is 3. The van der Waals surface area contributed by atoms with Crippen LogP contribution in [-0.4, -0.2) is 17.7 Å². The summed E-state index contributed by atoms with van der Waals surface area (Å²) in [5.74, 6) is 0.0644. The lowest BCUT2D eigenvalue weighted by Crippen LogP contribution is -2.08. The Labute approximate surface area is 89.0 Å². The van der Waals surface area contributed by atoms with Crippen molar-refractivity contribution in [1.82, 2.24) is 0 Å². The monoisotopic (exact) mass is 206 g/mol. The van der Waals surface area contributed by atoms with E-state index in [9.17, 15) is 4.79 Å². The van der Waals surface area contributed by atoms with Gasteiger partial charge < -0.3 is 9.84 Å². The molecule has 0 amide bonds. The summed E-state index contributed by atoms with van der Waals surface area (Å²) in [6, 6.07) is 7.03. The highest BCUT2D eigenvalue weighted by atomic mass is 16.5. The van der Waals surface area contributed by atoms with E-state index < -0.39 is 5.97 Å². The molecule has 0 aromatic heterocycles. The van der Waals surface area contributed by atoms with Crippen molar-refractivity contribution in [2.75, 3.05) is 6.61 Å². The van der Waals surface area contributed by atoms with Gasteiger partial charge in [-0.25, -0.2) is 4.79 Å². The van der Waals surface area contributed by atoms with Gasteiger partial charge >= 0.3 is 5.97 Å². The zero-order valence-corrected chi connectivity index (χ0v) is 8.69. The van der Waals surface area contributed by atoms with E-state index in [-0.39, 0.29) is 6.61 Å². The van der Waals surface area contributed by atoms with Gasteiger partial charge in [0.25, 0.3) is 0 Å². The first-order valence-corrected chi connectivity index (χ1v) is 4.71. The molecule has 0 spiro atoms. The van der Waals surface area contributed by atoms with E-state index in [4.69, 9.17) is 9.84 Å². The van der Waals surface area contributed by atoms with Gasteiger partial charge in [0, 0.05) is 12.2 Å². The van der Waals surface area contributed by atoms with Crippen LogP contribution >= 0.6 is 0 Å². The summed E-state index contributed by atoms with van der Waals surface area (Å²) in [6.07, 6.45) is 0.606. The van der Waals surface area contributed by atoms with E-state index in [1.807, 2.05) is 12.1 Å². The average molecular weight is 206 g/mol. The Morgan fingerprint density at radius 2 is 2.00 bits per heavy atom. The lowest BCUT2D eigenvalue weighted by atomic mass is 10.1. The van der Waals surface area contributed by atoms with Crippen molar-refractivity contribution < 1.29 is 14.6 Å². The minimum Gasteiger partial charge on any atom is -0.423 e. The van der Waals surface area contributed by atoms with Gasteiger partial charge in [-0.3, -0.25) is 0 Å². The molecule has 0 saturated carbocycles. The molecule has 0 aliphatic rings. The van der Waals surface area contributed by atoms with Crippen molar-refractivity contribution in [1.29, 1.82) is 0 Å². The summed E-state index contributed by atoms with van der Waals surface area (Å²) in [5, 5.41) is 8.71. The molecular formula is C12H14O3. The Morgan fingerprint density at radius 1 is 1.40 bits per heavy atom. The molecule has 0 radical (unpaired) electrons. The zero-order valence-electron chi connectivity index (χ0n) is 8.69. The third-order valence-electron chi connectivity index (χ3n) is 1.88. The van der Waals surface area contributed by atoms with Gasteiger partial charge in [0.1, 0.15) is 5.75 Å². The molecule has 3 nitrogen and oxygen atoms in total. The quantitative estimate of drug-likeness (QED) is 0.463. The van der Waals surface area contributed by atoms with Crippen LogP contribution in [0.25, 0.3) is 0 Å². The lowest BCUT2D eigenvalue weighted by molar-refractivity contribution is -0.130. The number of ether oxygens (including phenoxy) is 1. The SMILES string of the molecule is C=C(C)C(=O)Oc1ccc(CCO)cc1. The first-order chi connectivity index (χ1) is 7.13. The standard InChI is InChI=1S/C12H14O3/c1-9(2)12(14)15-11-5-3-10(4-6-11)7-8-13/h3-6,13H,1,7-8H2,2H3. The second-order valence-electron chi connectivity index (χ2n) is 3.29. The molecule has 0 fully saturated rings. The molecular weight excluding hydrogens is 192 g/mol. The van der Waals surface area contributed by atoms with Gasteiger partial charge in [0.2, 0.25) is 0 Å². The van der Waals surface area contributed by atoms with E-state index in [1.54, 1.807) is 19.1 Å². The fourth-order valence-electron chi connectivity index (χ4n) is 1.05. The van der Waals surface area contributed by atoms with Gasteiger partial charge in [0.15, 0.2) is 0 Å². The lowest BCUT2D eigenvalue weighted by Gasteiger charge is -2.04. The maximum atomic E-state index is 11.2. The third-order valence-corrected chi connectivity index (χ3v) is 1.88. The average Bonchev–Trinajstić information content (AvgIpc) is 2.21. The predicted octanol–water partition coefficient (Wildman–Crippen LogP) is 1.70. The number of aliphatic hydroxyl groups excluding tert-OH is 1. The Morgan fingerprint density at radius 3 is 2.47 bits per heavy atom. The number of benzene rings is 1. The number of carbonyl (C=O) groups excluding carboxylic acids is 1. The second-order valence-corrected chi connectivity index (χ2v) is 3.29. The number of hydrogen-bond donors (Lipinski definition) is 1. The number of carbonyl (C=O) groups is 1. The molecule has 1 rings (SSSR count). The fourth-order valence-corrected chi connectivity index (χ4v) is 1.05. The minimum absolute atomic E-state index is 0.116. The topological polar surface area (TPSA) is 46.5 Å². The van der Waals surface area contributed by atoms with Crippen LogP contribution in [0.5, 0.6) is 5.75 Å². The van der Waals surface area contributed by atoms with E-state index in [2.05, 4.69) is 6.58 Å². The van der Waals surface area contributed by atoms with Crippen LogP contribution in [0.15, 0.2) is 36.4 Å². The Balaban J connectivity index is 2.64. The highest BCUT2D eigenvalue weighted by Crippen LogP contribution is 2.13. The number of rotatable bonds is 4. The number of aliphatic hydroxyl groups is 1. The van der Waals surface area contributed by atoms with Crippen LogP contribution in [0.3, 0.4) is 0 Å². The van der Waals surface area contributed by atoms with E-state index >= 15 is 0 Å². The van der Waals surface area contributed by atoms with Crippen LogP contribution < -0.4 is 4.74 Å². The first kappa shape index (κ1) is 11.5. The molecule has 0 bridgehead atoms. The molecule has 15 heavy (non-hydrogen) atoms. The second kappa shape index (κ2) is 5.32.